The smallest absolute Gasteiger partial charge is 0.0126 e. The van der Waals surface area contributed by atoms with Gasteiger partial charge in [-0.15, -0.1) is 0 Å². The van der Waals surface area contributed by atoms with E-state index < -0.39 is 0 Å². The first kappa shape index (κ1) is 16.7. The Labute approximate surface area is 138 Å². The van der Waals surface area contributed by atoms with E-state index in [0.717, 1.165) is 5.92 Å². The molecule has 3 fully saturated rings. The van der Waals surface area contributed by atoms with E-state index in [9.17, 15) is 0 Å². The van der Waals surface area contributed by atoms with Gasteiger partial charge in [-0.05, 0) is 65.7 Å². The van der Waals surface area contributed by atoms with Crippen LogP contribution in [0.25, 0.3) is 0 Å². The molecule has 0 aromatic carbocycles. The van der Waals surface area contributed by atoms with Gasteiger partial charge in [0, 0.05) is 56.9 Å². The molecule has 1 spiro atoms. The van der Waals surface area contributed by atoms with E-state index >= 15 is 0 Å². The van der Waals surface area contributed by atoms with Crippen LogP contribution in [0.1, 0.15) is 54.4 Å². The Kier molecular flexibility index (Phi) is 4.15. The molecule has 0 unspecified atom stereocenters. The molecule has 1 aliphatic carbocycles. The molecular formula is C19H37N3. The van der Waals surface area contributed by atoms with Gasteiger partial charge in [0.15, 0.2) is 0 Å². The molecule has 0 atom stereocenters. The summed E-state index contributed by atoms with van der Waals surface area (Å²) in [7, 11) is 0. The van der Waals surface area contributed by atoms with Crippen LogP contribution in [0.5, 0.6) is 0 Å². The molecule has 2 saturated heterocycles. The second-order valence-corrected chi connectivity index (χ2v) is 10.3. The van der Waals surface area contributed by atoms with Crippen molar-refractivity contribution in [2.75, 3.05) is 45.8 Å². The molecule has 0 radical (unpaired) electrons. The minimum atomic E-state index is 0.342. The summed E-state index contributed by atoms with van der Waals surface area (Å²) in [5.74, 6) is 0.975. The van der Waals surface area contributed by atoms with Gasteiger partial charge in [0.2, 0.25) is 0 Å². The van der Waals surface area contributed by atoms with Crippen molar-refractivity contribution in [2.24, 2.45) is 11.3 Å². The fourth-order valence-corrected chi connectivity index (χ4v) is 4.76. The summed E-state index contributed by atoms with van der Waals surface area (Å²) in [6, 6.07) is 0. The van der Waals surface area contributed by atoms with Crippen molar-refractivity contribution in [3.63, 3.8) is 0 Å². The summed E-state index contributed by atoms with van der Waals surface area (Å²) in [4.78, 5) is 8.02. The minimum Gasteiger partial charge on any atom is -0.301 e. The number of likely N-dealkylation sites (tertiary alicyclic amines) is 1. The lowest BCUT2D eigenvalue weighted by molar-refractivity contribution is -0.135. The highest BCUT2D eigenvalue weighted by molar-refractivity contribution is 5.07. The first-order valence-electron chi connectivity index (χ1n) is 9.30. The van der Waals surface area contributed by atoms with E-state index in [4.69, 9.17) is 0 Å². The Hall–Kier alpha value is -0.120. The van der Waals surface area contributed by atoms with Gasteiger partial charge in [0.1, 0.15) is 0 Å². The zero-order valence-electron chi connectivity index (χ0n) is 15.8. The van der Waals surface area contributed by atoms with Crippen LogP contribution in [0.15, 0.2) is 0 Å². The Morgan fingerprint density at radius 2 is 1.27 bits per heavy atom. The van der Waals surface area contributed by atoms with E-state index in [1.165, 1.54) is 58.7 Å². The van der Waals surface area contributed by atoms with Crippen molar-refractivity contribution < 1.29 is 0 Å². The fourth-order valence-electron chi connectivity index (χ4n) is 4.76. The summed E-state index contributed by atoms with van der Waals surface area (Å²) >= 11 is 0. The topological polar surface area (TPSA) is 9.72 Å². The van der Waals surface area contributed by atoms with Gasteiger partial charge in [0.05, 0.1) is 0 Å². The molecule has 3 aliphatic rings. The van der Waals surface area contributed by atoms with Crippen LogP contribution in [0.4, 0.5) is 0 Å². The molecule has 0 amide bonds. The highest BCUT2D eigenvalue weighted by Crippen LogP contribution is 2.53. The van der Waals surface area contributed by atoms with Crippen molar-refractivity contribution in [3.8, 4) is 0 Å². The lowest BCUT2D eigenvalue weighted by Gasteiger charge is -2.63. The molecule has 2 heterocycles. The van der Waals surface area contributed by atoms with E-state index in [0.29, 0.717) is 16.5 Å². The Bertz CT molecular complexity index is 382. The zero-order chi connectivity index (χ0) is 16.2. The van der Waals surface area contributed by atoms with Gasteiger partial charge >= 0.3 is 0 Å². The maximum Gasteiger partial charge on any atom is 0.0126 e. The van der Waals surface area contributed by atoms with E-state index in [2.05, 4.69) is 56.2 Å². The normalized spacial score (nSPS) is 28.6. The van der Waals surface area contributed by atoms with Gasteiger partial charge in [-0.3, -0.25) is 9.80 Å². The summed E-state index contributed by atoms with van der Waals surface area (Å²) in [5.41, 5.74) is 1.43. The van der Waals surface area contributed by atoms with Crippen molar-refractivity contribution in [1.29, 1.82) is 0 Å². The van der Waals surface area contributed by atoms with Gasteiger partial charge in [-0.25, -0.2) is 0 Å². The highest BCUT2D eigenvalue weighted by atomic mass is 15.3. The number of piperazine rings is 1. The summed E-state index contributed by atoms with van der Waals surface area (Å²) in [6.07, 6.45) is 2.97. The molecule has 1 saturated carbocycles. The second-order valence-electron chi connectivity index (χ2n) is 10.3. The van der Waals surface area contributed by atoms with Crippen LogP contribution < -0.4 is 0 Å². The van der Waals surface area contributed by atoms with Crippen LogP contribution in [0, 0.1) is 11.3 Å². The average molecular weight is 308 g/mol. The van der Waals surface area contributed by atoms with Gasteiger partial charge < -0.3 is 4.90 Å². The Morgan fingerprint density at radius 3 is 1.73 bits per heavy atom. The molecule has 3 heteroatoms. The molecule has 0 N–H and O–H groups in total. The van der Waals surface area contributed by atoms with E-state index in [1.54, 1.807) is 0 Å². The SMILES string of the molecule is CC(C)(C)N1CCN(CC2CC3(C2)CN(C(C)(C)C)C3)CC1. The molecule has 0 bridgehead atoms. The summed E-state index contributed by atoms with van der Waals surface area (Å²) in [6.45, 7) is 23.2. The van der Waals surface area contributed by atoms with Crippen molar-refractivity contribution in [2.45, 2.75) is 65.5 Å². The maximum absolute atomic E-state index is 2.72. The number of hydrogen-bond donors (Lipinski definition) is 0. The standard InChI is InChI=1S/C19H37N3/c1-17(2,3)21-9-7-20(8-10-21)13-16-11-19(12-16)14-22(15-19)18(4,5)6/h16H,7-15H2,1-6H3. The van der Waals surface area contributed by atoms with Crippen molar-refractivity contribution in [3.05, 3.63) is 0 Å². The third-order valence-electron chi connectivity index (χ3n) is 6.28. The number of rotatable bonds is 2. The first-order valence-corrected chi connectivity index (χ1v) is 9.30. The quantitative estimate of drug-likeness (QED) is 0.777. The highest BCUT2D eigenvalue weighted by Gasteiger charge is 2.54. The molecule has 3 rings (SSSR count). The molecule has 0 aromatic rings. The molecule has 2 aliphatic heterocycles. The summed E-state index contributed by atoms with van der Waals surface area (Å²) < 4.78 is 0. The van der Waals surface area contributed by atoms with Crippen LogP contribution in [-0.4, -0.2) is 71.6 Å². The predicted octanol–water partition coefficient (Wildman–Crippen LogP) is 2.91. The number of hydrogen-bond acceptors (Lipinski definition) is 3. The molecule has 0 aromatic heterocycles. The van der Waals surface area contributed by atoms with Gasteiger partial charge in [-0.2, -0.15) is 0 Å². The fraction of sp³-hybridized carbons (Fsp3) is 1.00. The first-order chi connectivity index (χ1) is 10.1. The van der Waals surface area contributed by atoms with Crippen LogP contribution in [0.2, 0.25) is 0 Å². The molecular weight excluding hydrogens is 270 g/mol. The van der Waals surface area contributed by atoms with Gasteiger partial charge in [0.25, 0.3) is 0 Å². The minimum absolute atomic E-state index is 0.342. The zero-order valence-corrected chi connectivity index (χ0v) is 15.8. The third-order valence-corrected chi connectivity index (χ3v) is 6.28. The average Bonchev–Trinajstić information content (AvgIpc) is 2.28. The third kappa shape index (κ3) is 3.37. The van der Waals surface area contributed by atoms with Crippen LogP contribution >= 0.6 is 0 Å². The predicted molar refractivity (Wildman–Crippen MR) is 94.2 cm³/mol. The second kappa shape index (κ2) is 5.46. The lowest BCUT2D eigenvalue weighted by atomic mass is 9.57. The van der Waals surface area contributed by atoms with Crippen LogP contribution in [0.3, 0.4) is 0 Å². The molecule has 22 heavy (non-hydrogen) atoms. The molecule has 3 nitrogen and oxygen atoms in total. The van der Waals surface area contributed by atoms with Gasteiger partial charge in [-0.1, -0.05) is 0 Å². The van der Waals surface area contributed by atoms with Crippen molar-refractivity contribution in [1.82, 2.24) is 14.7 Å². The largest absolute Gasteiger partial charge is 0.301 e. The van der Waals surface area contributed by atoms with Crippen LogP contribution in [-0.2, 0) is 0 Å². The van der Waals surface area contributed by atoms with E-state index in [1.807, 2.05) is 0 Å². The maximum atomic E-state index is 2.72. The lowest BCUT2D eigenvalue weighted by Crippen LogP contribution is -2.67. The Balaban J connectivity index is 1.36. The van der Waals surface area contributed by atoms with E-state index in [-0.39, 0.29) is 0 Å². The van der Waals surface area contributed by atoms with Crippen molar-refractivity contribution >= 4 is 0 Å². The monoisotopic (exact) mass is 307 g/mol. The molecule has 128 valence electrons. The summed E-state index contributed by atoms with van der Waals surface area (Å²) in [5, 5.41) is 0. The number of nitrogens with zero attached hydrogens (tertiary/aromatic N) is 3. The Morgan fingerprint density at radius 1 is 0.773 bits per heavy atom.